The van der Waals surface area contributed by atoms with Crippen LogP contribution in [0.4, 0.5) is 0 Å². The lowest BCUT2D eigenvalue weighted by atomic mass is 10.2. The van der Waals surface area contributed by atoms with Crippen LogP contribution in [-0.2, 0) is 13.1 Å². The number of pyridine rings is 1. The summed E-state index contributed by atoms with van der Waals surface area (Å²) in [5, 5.41) is 3.91. The van der Waals surface area contributed by atoms with Gasteiger partial charge in [-0.15, -0.1) is 0 Å². The van der Waals surface area contributed by atoms with Crippen LogP contribution in [0, 0.1) is 0 Å². The lowest BCUT2D eigenvalue weighted by Gasteiger charge is -2.05. The molecular formula is C18H17Cl2N2O2-. The van der Waals surface area contributed by atoms with Gasteiger partial charge in [0.15, 0.2) is 0 Å². The first-order chi connectivity index (χ1) is 11.3. The fraction of sp³-hybridized carbons (Fsp3) is 0.167. The van der Waals surface area contributed by atoms with E-state index in [1.54, 1.807) is 19.5 Å². The van der Waals surface area contributed by atoms with Crippen LogP contribution in [0.15, 0.2) is 59.3 Å². The van der Waals surface area contributed by atoms with Crippen molar-refractivity contribution >= 4 is 11.6 Å². The summed E-state index contributed by atoms with van der Waals surface area (Å²) in [5.41, 5.74) is 2.12. The van der Waals surface area contributed by atoms with E-state index < -0.39 is 0 Å². The number of hydrogen-bond donors (Lipinski definition) is 1. The van der Waals surface area contributed by atoms with Crippen molar-refractivity contribution in [2.24, 2.45) is 0 Å². The largest absolute Gasteiger partial charge is 1.00 e. The molecule has 1 N–H and O–H groups in total. The molecule has 2 heterocycles. The smallest absolute Gasteiger partial charge is 0.137 e. The Kier molecular flexibility index (Phi) is 6.67. The molecule has 0 spiro atoms. The van der Waals surface area contributed by atoms with Crippen molar-refractivity contribution in [2.75, 3.05) is 7.11 Å². The molecule has 0 saturated carbocycles. The summed E-state index contributed by atoms with van der Waals surface area (Å²) in [5.74, 6) is 2.32. The minimum atomic E-state index is 0. The summed E-state index contributed by atoms with van der Waals surface area (Å²) in [4.78, 5) is 4.00. The van der Waals surface area contributed by atoms with Gasteiger partial charge in [0.2, 0.25) is 0 Å². The van der Waals surface area contributed by atoms with Gasteiger partial charge in [-0.05, 0) is 48.0 Å². The van der Waals surface area contributed by atoms with Crippen molar-refractivity contribution in [3.05, 3.63) is 71.2 Å². The van der Waals surface area contributed by atoms with E-state index in [-0.39, 0.29) is 12.4 Å². The number of nitrogens with zero attached hydrogens (tertiary/aromatic N) is 1. The first kappa shape index (κ1) is 18.3. The zero-order valence-electron chi connectivity index (χ0n) is 13.1. The molecule has 0 fully saturated rings. The normalized spacial score (nSPS) is 10.2. The maximum atomic E-state index is 6.15. The van der Waals surface area contributed by atoms with Crippen LogP contribution < -0.4 is 22.5 Å². The van der Waals surface area contributed by atoms with E-state index in [2.05, 4.69) is 10.3 Å². The second-order valence-corrected chi connectivity index (χ2v) is 5.48. The lowest BCUT2D eigenvalue weighted by Crippen LogP contribution is -3.00. The van der Waals surface area contributed by atoms with E-state index in [0.717, 1.165) is 23.6 Å². The van der Waals surface area contributed by atoms with Crippen molar-refractivity contribution < 1.29 is 21.6 Å². The van der Waals surface area contributed by atoms with Crippen molar-refractivity contribution in [1.82, 2.24) is 10.3 Å². The minimum absolute atomic E-state index is 0. The Hall–Kier alpha value is -2.01. The molecule has 0 radical (unpaired) electrons. The number of halogens is 2. The van der Waals surface area contributed by atoms with E-state index in [9.17, 15) is 0 Å². The van der Waals surface area contributed by atoms with Crippen LogP contribution in [0.1, 0.15) is 11.3 Å². The number of ether oxygens (including phenoxy) is 1. The molecule has 3 aromatic rings. The zero-order valence-corrected chi connectivity index (χ0v) is 14.6. The molecule has 0 unspecified atom stereocenters. The van der Waals surface area contributed by atoms with Gasteiger partial charge in [-0.3, -0.25) is 4.98 Å². The van der Waals surface area contributed by atoms with E-state index >= 15 is 0 Å². The van der Waals surface area contributed by atoms with E-state index in [4.69, 9.17) is 20.8 Å². The number of methoxy groups -OCH3 is 1. The molecule has 0 bridgehead atoms. The molecule has 0 aliphatic heterocycles. The summed E-state index contributed by atoms with van der Waals surface area (Å²) < 4.78 is 11.0. The molecule has 4 nitrogen and oxygen atoms in total. The Balaban J connectivity index is 0.00000208. The molecule has 0 aliphatic rings. The summed E-state index contributed by atoms with van der Waals surface area (Å²) in [6.07, 6.45) is 3.57. The predicted octanol–water partition coefficient (Wildman–Crippen LogP) is 1.30. The fourth-order valence-corrected chi connectivity index (χ4v) is 2.54. The number of rotatable bonds is 6. The van der Waals surface area contributed by atoms with Gasteiger partial charge in [0.1, 0.15) is 17.3 Å². The van der Waals surface area contributed by atoms with Crippen LogP contribution in [0.5, 0.6) is 5.75 Å². The molecule has 0 saturated heterocycles. The van der Waals surface area contributed by atoms with Crippen molar-refractivity contribution in [3.8, 4) is 17.1 Å². The minimum Gasteiger partial charge on any atom is -1.00 e. The van der Waals surface area contributed by atoms with Crippen LogP contribution >= 0.6 is 11.6 Å². The maximum Gasteiger partial charge on any atom is 0.137 e. The molecule has 126 valence electrons. The molecule has 0 amide bonds. The molecule has 6 heteroatoms. The zero-order chi connectivity index (χ0) is 16.1. The summed E-state index contributed by atoms with van der Waals surface area (Å²) in [7, 11) is 1.60. The van der Waals surface area contributed by atoms with E-state index in [1.165, 1.54) is 5.56 Å². The highest BCUT2D eigenvalue weighted by atomic mass is 35.5. The SMILES string of the molecule is COc1ccc(-c2ccc(CNCc3ccncc3)o2)cc1Cl.[Cl-]. The number of furan rings is 1. The molecule has 1 aromatic carbocycles. The molecule has 2 aromatic heterocycles. The average Bonchev–Trinajstić information content (AvgIpc) is 3.05. The Morgan fingerprint density at radius 2 is 1.88 bits per heavy atom. The molecule has 0 atom stereocenters. The van der Waals surface area contributed by atoms with Gasteiger partial charge < -0.3 is 26.9 Å². The molecule has 3 rings (SSSR count). The van der Waals surface area contributed by atoms with Gasteiger partial charge in [0, 0.05) is 24.5 Å². The lowest BCUT2D eigenvalue weighted by molar-refractivity contribution is -0.00000548. The average molecular weight is 364 g/mol. The molecule has 24 heavy (non-hydrogen) atoms. The van der Waals surface area contributed by atoms with Crippen molar-refractivity contribution in [2.45, 2.75) is 13.1 Å². The van der Waals surface area contributed by atoms with Gasteiger partial charge in [-0.2, -0.15) is 0 Å². The molecular weight excluding hydrogens is 347 g/mol. The van der Waals surface area contributed by atoms with Gasteiger partial charge in [0.05, 0.1) is 18.7 Å². The standard InChI is InChI=1S/C18H17ClN2O2.ClH/c1-22-18-4-2-14(10-16(18)19)17-5-3-15(23-17)12-21-11-13-6-8-20-9-7-13;/h2-10,21H,11-12H2,1H3;1H/p-1. The second kappa shape index (κ2) is 8.73. The number of aromatic nitrogens is 1. The van der Waals surface area contributed by atoms with Crippen LogP contribution in [-0.4, -0.2) is 12.1 Å². The summed E-state index contributed by atoms with van der Waals surface area (Å²) >= 11 is 6.15. The van der Waals surface area contributed by atoms with Gasteiger partial charge in [-0.1, -0.05) is 11.6 Å². The predicted molar refractivity (Wildman–Crippen MR) is 90.5 cm³/mol. The Labute approximate surface area is 152 Å². The topological polar surface area (TPSA) is 47.3 Å². The van der Waals surface area contributed by atoms with Crippen LogP contribution in [0.25, 0.3) is 11.3 Å². The van der Waals surface area contributed by atoms with Crippen molar-refractivity contribution in [1.29, 1.82) is 0 Å². The van der Waals surface area contributed by atoms with Crippen LogP contribution in [0.2, 0.25) is 5.02 Å². The molecule has 0 aliphatic carbocycles. The van der Waals surface area contributed by atoms with Gasteiger partial charge >= 0.3 is 0 Å². The van der Waals surface area contributed by atoms with Crippen LogP contribution in [0.3, 0.4) is 0 Å². The first-order valence-electron chi connectivity index (χ1n) is 7.28. The highest BCUT2D eigenvalue weighted by molar-refractivity contribution is 6.32. The van der Waals surface area contributed by atoms with Crippen molar-refractivity contribution in [3.63, 3.8) is 0 Å². The van der Waals surface area contributed by atoms with Gasteiger partial charge in [0.25, 0.3) is 0 Å². The quantitative estimate of drug-likeness (QED) is 0.716. The highest BCUT2D eigenvalue weighted by Crippen LogP contribution is 2.31. The Bertz CT molecular complexity index is 776. The number of benzene rings is 1. The third-order valence-corrected chi connectivity index (χ3v) is 3.77. The third-order valence-electron chi connectivity index (χ3n) is 3.48. The summed E-state index contributed by atoms with van der Waals surface area (Å²) in [6, 6.07) is 13.5. The highest BCUT2D eigenvalue weighted by Gasteiger charge is 2.08. The Morgan fingerprint density at radius 1 is 1.08 bits per heavy atom. The third kappa shape index (κ3) is 4.51. The monoisotopic (exact) mass is 363 g/mol. The maximum absolute atomic E-state index is 6.15. The van der Waals surface area contributed by atoms with Gasteiger partial charge in [-0.25, -0.2) is 0 Å². The summed E-state index contributed by atoms with van der Waals surface area (Å²) in [6.45, 7) is 1.43. The Morgan fingerprint density at radius 3 is 2.58 bits per heavy atom. The first-order valence-corrected chi connectivity index (χ1v) is 7.66. The fourth-order valence-electron chi connectivity index (χ4n) is 2.28. The number of nitrogens with one attached hydrogen (secondary N) is 1. The second-order valence-electron chi connectivity index (χ2n) is 5.07. The van der Waals surface area contributed by atoms with E-state index in [0.29, 0.717) is 17.3 Å². The van der Waals surface area contributed by atoms with E-state index in [1.807, 2.05) is 42.5 Å². The number of hydrogen-bond acceptors (Lipinski definition) is 4.